The Kier molecular flexibility index (Phi) is 6.34. The zero-order valence-electron chi connectivity index (χ0n) is 9.52. The van der Waals surface area contributed by atoms with Gasteiger partial charge in [-0.1, -0.05) is 18.2 Å². The van der Waals surface area contributed by atoms with Crippen molar-refractivity contribution in [2.45, 2.75) is 12.2 Å². The van der Waals surface area contributed by atoms with Crippen LogP contribution in [0.5, 0.6) is 0 Å². The van der Waals surface area contributed by atoms with Crippen molar-refractivity contribution in [1.29, 1.82) is 0 Å². The van der Waals surface area contributed by atoms with E-state index in [4.69, 9.17) is 15.3 Å². The number of carboxylic acids is 1. The quantitative estimate of drug-likeness (QED) is 0.438. The van der Waals surface area contributed by atoms with Crippen molar-refractivity contribution in [3.05, 3.63) is 35.9 Å². The van der Waals surface area contributed by atoms with Gasteiger partial charge in [-0.05, 0) is 12.1 Å². The third kappa shape index (κ3) is 4.47. The molecule has 104 valence electrons. The predicted molar refractivity (Wildman–Crippen MR) is 60.1 cm³/mol. The number of aliphatic hydroxyl groups excluding tert-OH is 2. The number of hydrogen-bond donors (Lipinski definition) is 3. The number of rotatable bonds is 4. The van der Waals surface area contributed by atoms with Gasteiger partial charge in [0, 0.05) is 0 Å². The van der Waals surface area contributed by atoms with Crippen LogP contribution in [-0.4, -0.2) is 50.9 Å². The Labute approximate surface area is 107 Å². The number of carbonyl (C=O) groups excluding carboxylic acids is 2. The van der Waals surface area contributed by atoms with E-state index in [0.717, 1.165) is 0 Å². The third-order valence-corrected chi connectivity index (χ3v) is 2.00. The number of aliphatic hydroxyl groups is 2. The summed E-state index contributed by atoms with van der Waals surface area (Å²) in [6, 6.07) is 7.44. The van der Waals surface area contributed by atoms with Crippen LogP contribution < -0.4 is 0 Å². The van der Waals surface area contributed by atoms with Crippen LogP contribution in [0, 0.1) is 0 Å². The van der Waals surface area contributed by atoms with E-state index in [1.165, 1.54) is 24.3 Å². The summed E-state index contributed by atoms with van der Waals surface area (Å²) < 4.78 is 4.22. The first-order chi connectivity index (χ1) is 8.43. The fourth-order valence-electron chi connectivity index (χ4n) is 1.05. The molecule has 0 heterocycles. The van der Waals surface area contributed by atoms with E-state index in [1.54, 1.807) is 6.07 Å². The van der Waals surface area contributed by atoms with Gasteiger partial charge in [0.1, 0.15) is 0 Å². The second kappa shape index (κ2) is 7.21. The number of aliphatic carboxylic acids is 1. The summed E-state index contributed by atoms with van der Waals surface area (Å²) in [4.78, 5) is 32.8. The number of carbonyl (C=O) groups is 3. The molecular weight excluding hydrogens is 260 g/mol. The van der Waals surface area contributed by atoms with E-state index in [-0.39, 0.29) is 11.0 Å². The molecule has 2 atom stereocenters. The first-order valence-electron chi connectivity index (χ1n) is 4.83. The first kappa shape index (κ1) is 16.7. The average Bonchev–Trinajstić information content (AvgIpc) is 2.37. The van der Waals surface area contributed by atoms with E-state index in [0.29, 0.717) is 0 Å². The third-order valence-electron chi connectivity index (χ3n) is 2.00. The van der Waals surface area contributed by atoms with E-state index < -0.39 is 30.1 Å². The molecule has 0 fully saturated rings. The fraction of sp³-hybridized carbons (Fsp3) is 0.182. The summed E-state index contributed by atoms with van der Waals surface area (Å²) in [5.41, 5.74) is 0.0582. The highest BCUT2D eigenvalue weighted by molar-refractivity contribution is 5.98. The highest BCUT2D eigenvalue weighted by Crippen LogP contribution is 2.04. The van der Waals surface area contributed by atoms with Crippen molar-refractivity contribution >= 4 is 17.9 Å². The van der Waals surface area contributed by atoms with Crippen molar-refractivity contribution < 1.29 is 39.9 Å². The SMILES string of the molecule is O.O=C(OC(=O)[C@@H](O)[C@H](O)C(=O)O)c1ccccc1. The molecule has 8 heteroatoms. The van der Waals surface area contributed by atoms with E-state index >= 15 is 0 Å². The van der Waals surface area contributed by atoms with Gasteiger partial charge in [-0.3, -0.25) is 0 Å². The minimum atomic E-state index is -2.35. The summed E-state index contributed by atoms with van der Waals surface area (Å²) in [6.45, 7) is 0. The topological polar surface area (TPSA) is 153 Å². The fourth-order valence-corrected chi connectivity index (χ4v) is 1.05. The van der Waals surface area contributed by atoms with Crippen LogP contribution in [0.15, 0.2) is 30.3 Å². The predicted octanol–water partition coefficient (Wildman–Crippen LogP) is -1.65. The lowest BCUT2D eigenvalue weighted by molar-refractivity contribution is -0.166. The molecule has 0 aromatic heterocycles. The molecular formula is C11H12O8. The lowest BCUT2D eigenvalue weighted by atomic mass is 10.2. The van der Waals surface area contributed by atoms with Gasteiger partial charge in [0.2, 0.25) is 0 Å². The molecule has 0 radical (unpaired) electrons. The molecule has 0 saturated heterocycles. The van der Waals surface area contributed by atoms with Gasteiger partial charge in [0.25, 0.3) is 0 Å². The zero-order valence-corrected chi connectivity index (χ0v) is 9.52. The second-order valence-corrected chi connectivity index (χ2v) is 3.30. The van der Waals surface area contributed by atoms with Crippen LogP contribution in [0.4, 0.5) is 0 Å². The molecule has 1 aromatic rings. The van der Waals surface area contributed by atoms with Crippen LogP contribution in [0.1, 0.15) is 10.4 Å². The van der Waals surface area contributed by atoms with Crippen LogP contribution in [-0.2, 0) is 14.3 Å². The molecule has 0 unspecified atom stereocenters. The molecule has 5 N–H and O–H groups in total. The van der Waals surface area contributed by atoms with E-state index in [1.807, 2.05) is 0 Å². The molecule has 0 aliphatic rings. The Balaban J connectivity index is 0.00000324. The highest BCUT2D eigenvalue weighted by Gasteiger charge is 2.32. The maximum atomic E-state index is 11.4. The summed E-state index contributed by atoms with van der Waals surface area (Å²) in [5.74, 6) is -4.37. The Morgan fingerprint density at radius 1 is 1.00 bits per heavy atom. The van der Waals surface area contributed by atoms with Gasteiger partial charge in [-0.2, -0.15) is 0 Å². The first-order valence-corrected chi connectivity index (χ1v) is 4.83. The summed E-state index contributed by atoms with van der Waals surface area (Å²) >= 11 is 0. The number of benzene rings is 1. The lowest BCUT2D eigenvalue weighted by Crippen LogP contribution is -2.41. The van der Waals surface area contributed by atoms with E-state index in [2.05, 4.69) is 4.74 Å². The van der Waals surface area contributed by atoms with Crippen molar-refractivity contribution in [1.82, 2.24) is 0 Å². The second-order valence-electron chi connectivity index (χ2n) is 3.30. The Hall–Kier alpha value is -2.29. The highest BCUT2D eigenvalue weighted by atomic mass is 16.6. The molecule has 0 amide bonds. The molecule has 0 aliphatic carbocycles. The van der Waals surface area contributed by atoms with Gasteiger partial charge < -0.3 is 25.5 Å². The maximum absolute atomic E-state index is 11.4. The summed E-state index contributed by atoms with van der Waals surface area (Å²) in [5, 5.41) is 26.3. The maximum Gasteiger partial charge on any atom is 0.346 e. The number of ether oxygens (including phenoxy) is 1. The van der Waals surface area contributed by atoms with Gasteiger partial charge in [-0.15, -0.1) is 0 Å². The largest absolute Gasteiger partial charge is 0.479 e. The van der Waals surface area contributed by atoms with Crippen LogP contribution in [0.25, 0.3) is 0 Å². The lowest BCUT2D eigenvalue weighted by Gasteiger charge is -2.11. The van der Waals surface area contributed by atoms with E-state index in [9.17, 15) is 14.4 Å². The molecule has 0 saturated carbocycles. The van der Waals surface area contributed by atoms with Crippen LogP contribution in [0.3, 0.4) is 0 Å². The smallest absolute Gasteiger partial charge is 0.346 e. The normalized spacial score (nSPS) is 12.7. The zero-order chi connectivity index (χ0) is 13.7. The van der Waals surface area contributed by atoms with Gasteiger partial charge in [-0.25, -0.2) is 14.4 Å². The van der Waals surface area contributed by atoms with Crippen molar-refractivity contribution in [2.75, 3.05) is 0 Å². The standard InChI is InChI=1S/C11H10O7.H2O/c12-7(9(14)15)8(13)11(17)18-10(16)6-4-2-1-3-5-6;/h1-5,7-8,12-13H,(H,14,15);1H2/t7-,8-;/m0./s1. The van der Waals surface area contributed by atoms with Crippen LogP contribution >= 0.6 is 0 Å². The minimum Gasteiger partial charge on any atom is -0.479 e. The van der Waals surface area contributed by atoms with Gasteiger partial charge in [0.05, 0.1) is 5.56 Å². The Morgan fingerprint density at radius 2 is 1.53 bits per heavy atom. The van der Waals surface area contributed by atoms with Crippen LogP contribution in [0.2, 0.25) is 0 Å². The molecule has 1 rings (SSSR count). The van der Waals surface area contributed by atoms with Gasteiger partial charge >= 0.3 is 17.9 Å². The summed E-state index contributed by atoms with van der Waals surface area (Å²) in [7, 11) is 0. The van der Waals surface area contributed by atoms with Crippen molar-refractivity contribution in [2.24, 2.45) is 0 Å². The molecule has 1 aromatic carbocycles. The molecule has 19 heavy (non-hydrogen) atoms. The molecule has 8 nitrogen and oxygen atoms in total. The molecule has 0 aliphatic heterocycles. The van der Waals surface area contributed by atoms with Crippen molar-refractivity contribution in [3.63, 3.8) is 0 Å². The Morgan fingerprint density at radius 3 is 2.00 bits per heavy atom. The van der Waals surface area contributed by atoms with Crippen molar-refractivity contribution in [3.8, 4) is 0 Å². The number of carboxylic acid groups (broad SMARTS) is 1. The monoisotopic (exact) mass is 272 g/mol. The molecule has 0 spiro atoms. The molecule has 0 bridgehead atoms. The average molecular weight is 272 g/mol. The Bertz CT molecular complexity index is 455. The number of esters is 2. The minimum absolute atomic E-state index is 0. The number of hydrogen-bond acceptors (Lipinski definition) is 6. The summed E-state index contributed by atoms with van der Waals surface area (Å²) in [6.07, 6.45) is -4.67. The van der Waals surface area contributed by atoms with Gasteiger partial charge in [0.15, 0.2) is 12.2 Å².